The van der Waals surface area contributed by atoms with Gasteiger partial charge in [0, 0.05) is 0 Å². The molecule has 0 aliphatic carbocycles. The molecule has 0 amide bonds. The molecule has 0 spiro atoms. The van der Waals surface area contributed by atoms with E-state index >= 15 is 0 Å². The van der Waals surface area contributed by atoms with Crippen molar-refractivity contribution in [2.45, 2.75) is 17.6 Å². The number of hydrogen-bond acceptors (Lipinski definition) is 6. The number of benzene rings is 3. The van der Waals surface area contributed by atoms with Crippen molar-refractivity contribution in [3.8, 4) is 5.75 Å². The second kappa shape index (κ2) is 9.36. The Hall–Kier alpha value is -3.16. The van der Waals surface area contributed by atoms with E-state index in [0.29, 0.717) is 5.56 Å². The Labute approximate surface area is 169 Å². The molecule has 150 valence electrons. The predicted octanol–water partition coefficient (Wildman–Crippen LogP) is 3.89. The summed E-state index contributed by atoms with van der Waals surface area (Å²) in [6.07, 6.45) is -1.02. The molecule has 7 heteroatoms. The van der Waals surface area contributed by atoms with E-state index in [4.69, 9.17) is 13.7 Å². The summed E-state index contributed by atoms with van der Waals surface area (Å²) >= 11 is 0. The van der Waals surface area contributed by atoms with Gasteiger partial charge in [-0.05, 0) is 35.4 Å². The van der Waals surface area contributed by atoms with Crippen LogP contribution < -0.4 is 4.18 Å². The van der Waals surface area contributed by atoms with Crippen LogP contribution in [0.15, 0.2) is 89.8 Å². The van der Waals surface area contributed by atoms with Gasteiger partial charge in [-0.25, -0.2) is 4.79 Å². The van der Waals surface area contributed by atoms with Gasteiger partial charge < -0.3 is 13.7 Å². The molecule has 3 aromatic carbocycles. The van der Waals surface area contributed by atoms with Crippen LogP contribution in [0.1, 0.15) is 17.2 Å². The smallest absolute Gasteiger partial charge is 0.339 e. The van der Waals surface area contributed by atoms with Crippen LogP contribution in [0.2, 0.25) is 0 Å². The first-order chi connectivity index (χ1) is 14.0. The van der Waals surface area contributed by atoms with Gasteiger partial charge in [0.05, 0.1) is 13.7 Å². The molecule has 0 aliphatic heterocycles. The van der Waals surface area contributed by atoms with Crippen LogP contribution in [0.5, 0.6) is 5.75 Å². The molecule has 0 saturated heterocycles. The molecule has 0 saturated carbocycles. The normalized spacial score (nSPS) is 12.2. The van der Waals surface area contributed by atoms with Crippen molar-refractivity contribution < 1.29 is 26.9 Å². The molecule has 0 radical (unpaired) electrons. The van der Waals surface area contributed by atoms with Crippen molar-refractivity contribution in [2.75, 3.05) is 7.11 Å². The van der Waals surface area contributed by atoms with Gasteiger partial charge in [0.15, 0.2) is 6.10 Å². The van der Waals surface area contributed by atoms with E-state index < -0.39 is 22.2 Å². The first-order valence-corrected chi connectivity index (χ1v) is 10.2. The van der Waals surface area contributed by atoms with Gasteiger partial charge >= 0.3 is 16.1 Å². The van der Waals surface area contributed by atoms with Crippen LogP contribution >= 0.6 is 0 Å². The zero-order chi connectivity index (χ0) is 20.7. The van der Waals surface area contributed by atoms with Crippen molar-refractivity contribution in [3.05, 3.63) is 96.1 Å². The molecule has 0 heterocycles. The summed E-state index contributed by atoms with van der Waals surface area (Å²) in [5.41, 5.74) is 1.31. The molecular formula is C22H20O6S. The number of ether oxygens (including phenoxy) is 2. The zero-order valence-electron chi connectivity index (χ0n) is 15.7. The third kappa shape index (κ3) is 5.43. The number of hydrogen-bond donors (Lipinski definition) is 0. The average molecular weight is 412 g/mol. The Kier molecular flexibility index (Phi) is 6.64. The van der Waals surface area contributed by atoms with Crippen LogP contribution in [0.4, 0.5) is 0 Å². The molecule has 1 unspecified atom stereocenters. The lowest BCUT2D eigenvalue weighted by Gasteiger charge is -2.17. The third-order valence-electron chi connectivity index (χ3n) is 4.07. The first-order valence-electron chi connectivity index (χ1n) is 8.82. The topological polar surface area (TPSA) is 78.9 Å². The van der Waals surface area contributed by atoms with Crippen molar-refractivity contribution in [1.29, 1.82) is 0 Å². The maximum absolute atomic E-state index is 12.4. The van der Waals surface area contributed by atoms with Crippen LogP contribution in [-0.4, -0.2) is 21.5 Å². The van der Waals surface area contributed by atoms with Crippen LogP contribution in [0.3, 0.4) is 0 Å². The minimum Gasteiger partial charge on any atom is -0.467 e. The fourth-order valence-electron chi connectivity index (χ4n) is 2.65. The van der Waals surface area contributed by atoms with Crippen molar-refractivity contribution in [1.82, 2.24) is 0 Å². The fourth-order valence-corrected chi connectivity index (χ4v) is 3.60. The van der Waals surface area contributed by atoms with E-state index in [1.807, 2.05) is 30.3 Å². The van der Waals surface area contributed by atoms with Gasteiger partial charge in [-0.3, -0.25) is 0 Å². The van der Waals surface area contributed by atoms with E-state index in [9.17, 15) is 13.2 Å². The average Bonchev–Trinajstić information content (AvgIpc) is 2.75. The maximum Gasteiger partial charge on any atom is 0.339 e. The highest BCUT2D eigenvalue weighted by molar-refractivity contribution is 7.87. The molecule has 29 heavy (non-hydrogen) atoms. The maximum atomic E-state index is 12.4. The predicted molar refractivity (Wildman–Crippen MR) is 107 cm³/mol. The number of esters is 1. The molecule has 0 fully saturated rings. The summed E-state index contributed by atoms with van der Waals surface area (Å²) in [6.45, 7) is 0.188. The second-order valence-corrected chi connectivity index (χ2v) is 7.67. The minimum atomic E-state index is -3.99. The van der Waals surface area contributed by atoms with Gasteiger partial charge in [0.2, 0.25) is 0 Å². The lowest BCUT2D eigenvalue weighted by Crippen LogP contribution is -2.18. The third-order valence-corrected chi connectivity index (χ3v) is 5.33. The lowest BCUT2D eigenvalue weighted by atomic mass is 10.1. The van der Waals surface area contributed by atoms with Gasteiger partial charge in [-0.1, -0.05) is 60.7 Å². The second-order valence-electron chi connectivity index (χ2n) is 6.12. The molecular weight excluding hydrogens is 392 g/mol. The standard InChI is InChI=1S/C22H20O6S/c1-26-22(23)21(27-16-17-9-4-2-5-10-17)18-11-8-12-19(15-18)28-29(24,25)20-13-6-3-7-14-20/h2-15,21H,16H2,1H3. The number of carbonyl (C=O) groups is 1. The fraction of sp³-hybridized carbons (Fsp3) is 0.136. The molecule has 0 N–H and O–H groups in total. The molecule has 0 bridgehead atoms. The van der Waals surface area contributed by atoms with Crippen LogP contribution in [0.25, 0.3) is 0 Å². The highest BCUT2D eigenvalue weighted by Crippen LogP contribution is 2.26. The monoisotopic (exact) mass is 412 g/mol. The summed E-state index contributed by atoms with van der Waals surface area (Å²) in [4.78, 5) is 12.3. The Morgan fingerprint density at radius 2 is 1.55 bits per heavy atom. The van der Waals surface area contributed by atoms with Crippen molar-refractivity contribution in [3.63, 3.8) is 0 Å². The van der Waals surface area contributed by atoms with E-state index in [-0.39, 0.29) is 17.3 Å². The number of methoxy groups -OCH3 is 1. The quantitative estimate of drug-likeness (QED) is 0.413. The van der Waals surface area contributed by atoms with Gasteiger partial charge in [-0.2, -0.15) is 8.42 Å². The summed E-state index contributed by atoms with van der Waals surface area (Å²) < 4.78 is 40.7. The summed E-state index contributed by atoms with van der Waals surface area (Å²) in [6, 6.07) is 23.4. The summed E-state index contributed by atoms with van der Waals surface area (Å²) in [5.74, 6) is -0.521. The first kappa shape index (κ1) is 20.6. The highest BCUT2D eigenvalue weighted by Gasteiger charge is 2.24. The van der Waals surface area contributed by atoms with Gasteiger partial charge in [0.1, 0.15) is 10.6 Å². The van der Waals surface area contributed by atoms with Gasteiger partial charge in [-0.15, -0.1) is 0 Å². The number of rotatable bonds is 8. The Balaban J connectivity index is 1.81. The van der Waals surface area contributed by atoms with Crippen LogP contribution in [0, 0.1) is 0 Å². The summed E-state index contributed by atoms with van der Waals surface area (Å²) in [7, 11) is -2.73. The molecule has 0 aliphatic rings. The lowest BCUT2D eigenvalue weighted by molar-refractivity contribution is -0.155. The Morgan fingerprint density at radius 3 is 2.21 bits per heavy atom. The molecule has 6 nitrogen and oxygen atoms in total. The van der Waals surface area contributed by atoms with E-state index in [2.05, 4.69) is 0 Å². The van der Waals surface area contributed by atoms with Gasteiger partial charge in [0.25, 0.3) is 0 Å². The zero-order valence-corrected chi connectivity index (χ0v) is 16.5. The molecule has 3 rings (SSSR count). The molecule has 3 aromatic rings. The highest BCUT2D eigenvalue weighted by atomic mass is 32.2. The van der Waals surface area contributed by atoms with E-state index in [1.54, 1.807) is 30.3 Å². The van der Waals surface area contributed by atoms with Crippen LogP contribution in [-0.2, 0) is 31.0 Å². The minimum absolute atomic E-state index is 0.0373. The molecule has 1 atom stereocenters. The number of carbonyl (C=O) groups excluding carboxylic acids is 1. The SMILES string of the molecule is COC(=O)C(OCc1ccccc1)c1cccc(OS(=O)(=O)c2ccccc2)c1. The summed E-state index contributed by atoms with van der Waals surface area (Å²) in [5, 5.41) is 0. The van der Waals surface area contributed by atoms with E-state index in [0.717, 1.165) is 5.56 Å². The van der Waals surface area contributed by atoms with E-state index in [1.165, 1.54) is 31.4 Å². The Morgan fingerprint density at radius 1 is 0.897 bits per heavy atom. The van der Waals surface area contributed by atoms with Crippen molar-refractivity contribution in [2.24, 2.45) is 0 Å². The molecule has 0 aromatic heterocycles. The Bertz CT molecular complexity index is 1050. The van der Waals surface area contributed by atoms with Crippen molar-refractivity contribution >= 4 is 16.1 Å². The largest absolute Gasteiger partial charge is 0.467 e.